The SMILES string of the molecule is c1c[nH]c(CCc2nccs2)n1. The van der Waals surface area contributed by atoms with Gasteiger partial charge >= 0.3 is 0 Å². The van der Waals surface area contributed by atoms with E-state index in [1.54, 1.807) is 17.5 Å². The average Bonchev–Trinajstić information content (AvgIpc) is 2.74. The molecule has 2 aromatic rings. The van der Waals surface area contributed by atoms with E-state index in [1.807, 2.05) is 17.8 Å². The van der Waals surface area contributed by atoms with Crippen molar-refractivity contribution in [2.24, 2.45) is 0 Å². The van der Waals surface area contributed by atoms with Gasteiger partial charge in [0.2, 0.25) is 0 Å². The molecule has 0 aromatic carbocycles. The van der Waals surface area contributed by atoms with Crippen LogP contribution in [0.1, 0.15) is 10.8 Å². The molecule has 12 heavy (non-hydrogen) atoms. The molecular weight excluding hydrogens is 170 g/mol. The highest BCUT2D eigenvalue weighted by Crippen LogP contribution is 2.06. The molecule has 0 spiro atoms. The third-order valence-electron chi connectivity index (χ3n) is 1.61. The van der Waals surface area contributed by atoms with Crippen molar-refractivity contribution in [2.75, 3.05) is 0 Å². The minimum absolute atomic E-state index is 0.945. The number of thiazole rings is 1. The van der Waals surface area contributed by atoms with Gasteiger partial charge in [-0.1, -0.05) is 0 Å². The number of nitrogens with zero attached hydrogens (tertiary/aromatic N) is 2. The maximum atomic E-state index is 4.19. The molecule has 0 unspecified atom stereocenters. The second kappa shape index (κ2) is 3.49. The Kier molecular flexibility index (Phi) is 2.18. The molecule has 0 saturated carbocycles. The Hall–Kier alpha value is -1.16. The summed E-state index contributed by atoms with van der Waals surface area (Å²) in [5.41, 5.74) is 0. The Morgan fingerprint density at radius 2 is 2.25 bits per heavy atom. The second-order valence-electron chi connectivity index (χ2n) is 2.46. The number of H-pyrrole nitrogens is 1. The molecule has 0 aliphatic carbocycles. The van der Waals surface area contributed by atoms with Crippen LogP contribution in [0.25, 0.3) is 0 Å². The largest absolute Gasteiger partial charge is 0.349 e. The molecule has 0 saturated heterocycles. The number of aromatic nitrogens is 3. The zero-order valence-corrected chi connectivity index (χ0v) is 7.34. The van der Waals surface area contributed by atoms with Crippen molar-refractivity contribution in [1.82, 2.24) is 15.0 Å². The minimum atomic E-state index is 0.945. The number of imidazole rings is 1. The van der Waals surface area contributed by atoms with Crippen LogP contribution in [0.15, 0.2) is 24.0 Å². The first-order valence-electron chi connectivity index (χ1n) is 3.82. The van der Waals surface area contributed by atoms with Gasteiger partial charge in [0.15, 0.2) is 0 Å². The smallest absolute Gasteiger partial charge is 0.106 e. The van der Waals surface area contributed by atoms with E-state index in [1.165, 1.54) is 5.01 Å². The van der Waals surface area contributed by atoms with Gasteiger partial charge in [-0.15, -0.1) is 11.3 Å². The van der Waals surface area contributed by atoms with Crippen LogP contribution in [-0.2, 0) is 12.8 Å². The third kappa shape index (κ3) is 1.71. The van der Waals surface area contributed by atoms with E-state index in [0.29, 0.717) is 0 Å². The van der Waals surface area contributed by atoms with Crippen LogP contribution in [0.5, 0.6) is 0 Å². The molecule has 2 rings (SSSR count). The van der Waals surface area contributed by atoms with Crippen LogP contribution >= 0.6 is 11.3 Å². The predicted octanol–water partition coefficient (Wildman–Crippen LogP) is 1.65. The first-order valence-corrected chi connectivity index (χ1v) is 4.70. The Balaban J connectivity index is 1.91. The Labute approximate surface area is 74.5 Å². The van der Waals surface area contributed by atoms with E-state index >= 15 is 0 Å². The van der Waals surface area contributed by atoms with Crippen molar-refractivity contribution in [3.63, 3.8) is 0 Å². The number of nitrogens with one attached hydrogen (secondary N) is 1. The molecule has 4 heteroatoms. The van der Waals surface area contributed by atoms with Crippen molar-refractivity contribution in [3.05, 3.63) is 34.8 Å². The zero-order valence-electron chi connectivity index (χ0n) is 6.53. The molecule has 0 bridgehead atoms. The van der Waals surface area contributed by atoms with Crippen molar-refractivity contribution >= 4 is 11.3 Å². The normalized spacial score (nSPS) is 10.3. The summed E-state index contributed by atoms with van der Waals surface area (Å²) in [6.07, 6.45) is 7.38. The van der Waals surface area contributed by atoms with Crippen LogP contribution in [0.2, 0.25) is 0 Å². The lowest BCUT2D eigenvalue weighted by molar-refractivity contribution is 0.876. The zero-order chi connectivity index (χ0) is 8.23. The van der Waals surface area contributed by atoms with Gasteiger partial charge < -0.3 is 4.98 Å². The summed E-state index contributed by atoms with van der Waals surface area (Å²) in [5.74, 6) is 1.03. The van der Waals surface area contributed by atoms with E-state index in [9.17, 15) is 0 Å². The Bertz CT molecular complexity index is 278. The van der Waals surface area contributed by atoms with E-state index in [-0.39, 0.29) is 0 Å². The van der Waals surface area contributed by atoms with Crippen molar-refractivity contribution in [3.8, 4) is 0 Å². The number of hydrogen-bond acceptors (Lipinski definition) is 3. The first-order chi connectivity index (χ1) is 5.95. The fourth-order valence-corrected chi connectivity index (χ4v) is 1.66. The highest BCUT2D eigenvalue weighted by Gasteiger charge is 1.98. The molecular formula is C8H9N3S. The van der Waals surface area contributed by atoms with E-state index in [4.69, 9.17) is 0 Å². The van der Waals surface area contributed by atoms with Crippen LogP contribution in [-0.4, -0.2) is 15.0 Å². The number of aromatic amines is 1. The van der Waals surface area contributed by atoms with Gasteiger partial charge in [0.25, 0.3) is 0 Å². The summed E-state index contributed by atoms with van der Waals surface area (Å²) < 4.78 is 0. The standard InChI is InChI=1S/C8H9N3S/c1(7-9-3-4-10-7)2-8-11-5-6-12-8/h3-6H,1-2H2,(H,9,10). The van der Waals surface area contributed by atoms with Crippen LogP contribution in [0.4, 0.5) is 0 Å². The first kappa shape index (κ1) is 7.49. The van der Waals surface area contributed by atoms with Gasteiger partial charge in [-0.3, -0.25) is 0 Å². The van der Waals surface area contributed by atoms with E-state index in [2.05, 4.69) is 15.0 Å². The molecule has 62 valence electrons. The van der Waals surface area contributed by atoms with Crippen LogP contribution in [0, 0.1) is 0 Å². The average molecular weight is 179 g/mol. The van der Waals surface area contributed by atoms with Gasteiger partial charge in [-0.25, -0.2) is 9.97 Å². The fourth-order valence-electron chi connectivity index (χ4n) is 1.04. The molecule has 3 nitrogen and oxygen atoms in total. The van der Waals surface area contributed by atoms with Crippen molar-refractivity contribution < 1.29 is 0 Å². The monoisotopic (exact) mass is 179 g/mol. The molecule has 2 aromatic heterocycles. The topological polar surface area (TPSA) is 41.6 Å². The Morgan fingerprint density at radius 1 is 1.25 bits per heavy atom. The van der Waals surface area contributed by atoms with Crippen molar-refractivity contribution in [2.45, 2.75) is 12.8 Å². The Morgan fingerprint density at radius 3 is 2.92 bits per heavy atom. The maximum absolute atomic E-state index is 4.19. The highest BCUT2D eigenvalue weighted by atomic mass is 32.1. The quantitative estimate of drug-likeness (QED) is 0.778. The molecule has 2 heterocycles. The molecule has 1 N–H and O–H groups in total. The number of aryl methyl sites for hydroxylation is 2. The molecule has 0 radical (unpaired) electrons. The molecule has 0 amide bonds. The lowest BCUT2D eigenvalue weighted by atomic mass is 10.3. The maximum Gasteiger partial charge on any atom is 0.106 e. The molecule has 0 atom stereocenters. The number of rotatable bonds is 3. The van der Waals surface area contributed by atoms with Gasteiger partial charge in [0.1, 0.15) is 5.82 Å². The van der Waals surface area contributed by atoms with Crippen molar-refractivity contribution in [1.29, 1.82) is 0 Å². The summed E-state index contributed by atoms with van der Waals surface area (Å²) in [5, 5.41) is 3.17. The minimum Gasteiger partial charge on any atom is -0.349 e. The summed E-state index contributed by atoms with van der Waals surface area (Å²) >= 11 is 1.69. The van der Waals surface area contributed by atoms with Gasteiger partial charge in [-0.05, 0) is 0 Å². The lowest BCUT2D eigenvalue weighted by Gasteiger charge is -1.92. The summed E-state index contributed by atoms with van der Waals surface area (Å²) in [6.45, 7) is 0. The predicted molar refractivity (Wildman–Crippen MR) is 48.1 cm³/mol. The lowest BCUT2D eigenvalue weighted by Crippen LogP contribution is -1.92. The summed E-state index contributed by atoms with van der Waals surface area (Å²) in [7, 11) is 0. The van der Waals surface area contributed by atoms with Gasteiger partial charge in [-0.2, -0.15) is 0 Å². The van der Waals surface area contributed by atoms with Crippen LogP contribution < -0.4 is 0 Å². The summed E-state index contributed by atoms with van der Waals surface area (Å²) in [6, 6.07) is 0. The van der Waals surface area contributed by atoms with E-state index in [0.717, 1.165) is 18.7 Å². The van der Waals surface area contributed by atoms with Gasteiger partial charge in [0.05, 0.1) is 5.01 Å². The molecule has 0 fully saturated rings. The third-order valence-corrected chi connectivity index (χ3v) is 2.45. The number of hydrogen-bond donors (Lipinski definition) is 1. The summed E-state index contributed by atoms with van der Waals surface area (Å²) in [4.78, 5) is 11.4. The molecule has 0 aliphatic heterocycles. The van der Waals surface area contributed by atoms with Gasteiger partial charge in [0, 0.05) is 36.8 Å². The second-order valence-corrected chi connectivity index (χ2v) is 3.44. The fraction of sp³-hybridized carbons (Fsp3) is 0.250. The highest BCUT2D eigenvalue weighted by molar-refractivity contribution is 7.09. The van der Waals surface area contributed by atoms with Crippen LogP contribution in [0.3, 0.4) is 0 Å². The molecule has 0 aliphatic rings. The van der Waals surface area contributed by atoms with E-state index < -0.39 is 0 Å².